The highest BCUT2D eigenvalue weighted by molar-refractivity contribution is 7.90. The van der Waals surface area contributed by atoms with Crippen LogP contribution in [0.1, 0.15) is 11.1 Å². The third kappa shape index (κ3) is 5.03. The highest BCUT2D eigenvalue weighted by atomic mass is 32.2. The summed E-state index contributed by atoms with van der Waals surface area (Å²) in [6.45, 7) is 0.595. The van der Waals surface area contributed by atoms with Crippen molar-refractivity contribution in [3.05, 3.63) is 102 Å². The Morgan fingerprint density at radius 3 is 2.13 bits per heavy atom. The number of para-hydroxylation sites is 1. The molecule has 0 aliphatic heterocycles. The largest absolute Gasteiger partial charge is 0.354 e. The number of nitrogens with one attached hydrogen (secondary N) is 1. The zero-order valence-electron chi connectivity index (χ0n) is 17.1. The van der Waals surface area contributed by atoms with E-state index < -0.39 is 9.84 Å². The number of benzene rings is 3. The van der Waals surface area contributed by atoms with Gasteiger partial charge in [0.2, 0.25) is 5.91 Å². The fourth-order valence-corrected chi connectivity index (χ4v) is 5.25. The van der Waals surface area contributed by atoms with Gasteiger partial charge in [0, 0.05) is 23.6 Å². The van der Waals surface area contributed by atoms with Gasteiger partial charge < -0.3 is 9.88 Å². The van der Waals surface area contributed by atoms with Crippen LogP contribution in [0.25, 0.3) is 10.9 Å². The van der Waals surface area contributed by atoms with Gasteiger partial charge in [-0.05, 0) is 23.6 Å². The number of aromatic nitrogens is 1. The van der Waals surface area contributed by atoms with Crippen molar-refractivity contribution >= 4 is 26.6 Å². The van der Waals surface area contributed by atoms with Gasteiger partial charge in [-0.1, -0.05) is 78.9 Å². The van der Waals surface area contributed by atoms with Crippen LogP contribution >= 0.6 is 0 Å². The van der Waals surface area contributed by atoms with Gasteiger partial charge in [0.1, 0.15) is 6.54 Å². The Labute approximate surface area is 182 Å². The third-order valence-electron chi connectivity index (χ3n) is 5.18. The number of hydrogen-bond acceptors (Lipinski definition) is 3. The van der Waals surface area contributed by atoms with Crippen molar-refractivity contribution in [3.8, 4) is 0 Å². The minimum absolute atomic E-state index is 0.0656. The predicted octanol–water partition coefficient (Wildman–Crippen LogP) is 3.97. The first-order valence-electron chi connectivity index (χ1n) is 10.2. The van der Waals surface area contributed by atoms with E-state index in [0.717, 1.165) is 23.1 Å². The zero-order chi connectivity index (χ0) is 21.7. The molecule has 1 N–H and O–H groups in total. The molecule has 3 aromatic carbocycles. The Morgan fingerprint density at radius 2 is 1.42 bits per heavy atom. The van der Waals surface area contributed by atoms with Gasteiger partial charge in [-0.25, -0.2) is 8.42 Å². The van der Waals surface area contributed by atoms with Gasteiger partial charge in [0.15, 0.2) is 9.84 Å². The lowest BCUT2D eigenvalue weighted by molar-refractivity contribution is -0.121. The van der Waals surface area contributed by atoms with Crippen LogP contribution in [0.15, 0.2) is 96.0 Å². The normalized spacial score (nSPS) is 11.5. The zero-order valence-corrected chi connectivity index (χ0v) is 17.9. The van der Waals surface area contributed by atoms with Crippen molar-refractivity contribution in [2.45, 2.75) is 23.6 Å². The molecule has 0 saturated heterocycles. The van der Waals surface area contributed by atoms with Crippen molar-refractivity contribution in [1.29, 1.82) is 0 Å². The number of rotatable bonds is 8. The Kier molecular flexibility index (Phi) is 6.18. The highest BCUT2D eigenvalue weighted by Crippen LogP contribution is 2.28. The van der Waals surface area contributed by atoms with Crippen LogP contribution in [0, 0.1) is 0 Å². The lowest BCUT2D eigenvalue weighted by Gasteiger charge is -2.07. The Hall–Kier alpha value is -3.38. The maximum Gasteiger partial charge on any atom is 0.239 e. The molecule has 4 aromatic rings. The first-order valence-corrected chi connectivity index (χ1v) is 11.8. The van der Waals surface area contributed by atoms with E-state index in [1.807, 2.05) is 66.7 Å². The summed E-state index contributed by atoms with van der Waals surface area (Å²) < 4.78 is 28.0. The Morgan fingerprint density at radius 1 is 0.806 bits per heavy atom. The SMILES string of the molecule is O=C(Cn1cc(S(=O)(=O)Cc2ccccc2)c2ccccc21)NCCc1ccccc1. The number of fused-ring (bicyclic) bond motifs is 1. The molecule has 0 bridgehead atoms. The minimum Gasteiger partial charge on any atom is -0.354 e. The first-order chi connectivity index (χ1) is 15.0. The minimum atomic E-state index is -3.56. The second-order valence-corrected chi connectivity index (χ2v) is 9.43. The van der Waals surface area contributed by atoms with Crippen molar-refractivity contribution in [2.24, 2.45) is 0 Å². The summed E-state index contributed by atoms with van der Waals surface area (Å²) in [4.78, 5) is 12.8. The molecule has 1 amide bonds. The van der Waals surface area contributed by atoms with Gasteiger partial charge in [-0.3, -0.25) is 4.79 Å². The summed E-state index contributed by atoms with van der Waals surface area (Å²) in [5.41, 5.74) is 2.62. The molecule has 31 heavy (non-hydrogen) atoms. The number of nitrogens with zero attached hydrogens (tertiary/aromatic N) is 1. The van der Waals surface area contributed by atoms with Crippen LogP contribution in [0.4, 0.5) is 0 Å². The molecule has 0 unspecified atom stereocenters. The van der Waals surface area contributed by atoms with Crippen LogP contribution in [-0.4, -0.2) is 25.4 Å². The molecular formula is C25H24N2O3S. The van der Waals surface area contributed by atoms with E-state index in [4.69, 9.17) is 0 Å². The van der Waals surface area contributed by atoms with E-state index >= 15 is 0 Å². The number of hydrogen-bond donors (Lipinski definition) is 1. The van der Waals surface area contributed by atoms with Crippen LogP contribution in [0.5, 0.6) is 0 Å². The molecule has 1 aromatic heterocycles. The Balaban J connectivity index is 1.52. The average Bonchev–Trinajstić information content (AvgIpc) is 3.14. The second-order valence-electron chi connectivity index (χ2n) is 7.47. The van der Waals surface area contributed by atoms with E-state index in [2.05, 4.69) is 5.32 Å². The molecule has 5 nitrogen and oxygen atoms in total. The van der Waals surface area contributed by atoms with E-state index in [0.29, 0.717) is 11.9 Å². The van der Waals surface area contributed by atoms with Crippen LogP contribution in [-0.2, 0) is 33.4 Å². The summed E-state index contributed by atoms with van der Waals surface area (Å²) >= 11 is 0. The van der Waals surface area contributed by atoms with E-state index in [1.165, 1.54) is 0 Å². The maximum absolute atomic E-state index is 13.1. The summed E-state index contributed by atoms with van der Waals surface area (Å²) in [6.07, 6.45) is 2.33. The topological polar surface area (TPSA) is 68.2 Å². The van der Waals surface area contributed by atoms with Crippen molar-refractivity contribution in [1.82, 2.24) is 9.88 Å². The molecule has 0 spiro atoms. The van der Waals surface area contributed by atoms with Gasteiger partial charge >= 0.3 is 0 Å². The van der Waals surface area contributed by atoms with Crippen LogP contribution < -0.4 is 5.32 Å². The summed E-state index contributed by atoms with van der Waals surface area (Å²) in [6, 6.07) is 26.4. The van der Waals surface area contributed by atoms with Crippen molar-refractivity contribution < 1.29 is 13.2 Å². The molecular weight excluding hydrogens is 408 g/mol. The second kappa shape index (κ2) is 9.18. The fraction of sp³-hybridized carbons (Fsp3) is 0.160. The van der Waals surface area contributed by atoms with Crippen LogP contribution in [0.2, 0.25) is 0 Å². The average molecular weight is 433 g/mol. The highest BCUT2D eigenvalue weighted by Gasteiger charge is 2.22. The monoisotopic (exact) mass is 432 g/mol. The molecule has 4 rings (SSSR count). The number of carbonyl (C=O) groups is 1. The summed E-state index contributed by atoms with van der Waals surface area (Å²) in [5.74, 6) is -0.228. The first kappa shape index (κ1) is 20.9. The van der Waals surface area contributed by atoms with E-state index in [1.54, 1.807) is 29.0 Å². The summed E-state index contributed by atoms with van der Waals surface area (Å²) in [5, 5.41) is 3.56. The van der Waals surface area contributed by atoms with Crippen LogP contribution in [0.3, 0.4) is 0 Å². The smallest absolute Gasteiger partial charge is 0.239 e. The van der Waals surface area contributed by atoms with Gasteiger partial charge in [0.25, 0.3) is 0 Å². The lowest BCUT2D eigenvalue weighted by atomic mass is 10.1. The molecule has 0 radical (unpaired) electrons. The molecule has 0 atom stereocenters. The maximum atomic E-state index is 13.1. The molecule has 0 saturated carbocycles. The molecule has 6 heteroatoms. The van der Waals surface area contributed by atoms with Gasteiger partial charge in [-0.2, -0.15) is 0 Å². The summed E-state index contributed by atoms with van der Waals surface area (Å²) in [7, 11) is -3.56. The van der Waals surface area contributed by atoms with E-state index in [-0.39, 0.29) is 23.1 Å². The Bertz CT molecular complexity index is 1280. The lowest BCUT2D eigenvalue weighted by Crippen LogP contribution is -2.29. The van der Waals surface area contributed by atoms with E-state index in [9.17, 15) is 13.2 Å². The van der Waals surface area contributed by atoms with Crippen molar-refractivity contribution in [3.63, 3.8) is 0 Å². The number of sulfone groups is 1. The fourth-order valence-electron chi connectivity index (χ4n) is 3.66. The van der Waals surface area contributed by atoms with Gasteiger partial charge in [-0.15, -0.1) is 0 Å². The standard InChI is InChI=1S/C25H24N2O3S/c28-25(26-16-15-20-9-3-1-4-10-20)18-27-17-24(22-13-7-8-14-23(22)27)31(29,30)19-21-11-5-2-6-12-21/h1-14,17H,15-16,18-19H2,(H,26,28). The quantitative estimate of drug-likeness (QED) is 0.458. The molecule has 158 valence electrons. The number of amides is 1. The number of carbonyl (C=O) groups excluding carboxylic acids is 1. The van der Waals surface area contributed by atoms with Gasteiger partial charge in [0.05, 0.1) is 10.6 Å². The predicted molar refractivity (Wildman–Crippen MR) is 122 cm³/mol. The molecule has 0 aliphatic carbocycles. The molecule has 0 aliphatic rings. The van der Waals surface area contributed by atoms with Crippen molar-refractivity contribution in [2.75, 3.05) is 6.54 Å². The third-order valence-corrected chi connectivity index (χ3v) is 6.89. The molecule has 1 heterocycles. The molecule has 0 fully saturated rings.